The molecule has 0 amide bonds. The minimum atomic E-state index is -0.604. The van der Waals surface area contributed by atoms with Crippen LogP contribution in [0.3, 0.4) is 0 Å². The predicted molar refractivity (Wildman–Crippen MR) is 75.5 cm³/mol. The lowest BCUT2D eigenvalue weighted by atomic mass is 10.0. The molecule has 0 aliphatic carbocycles. The molecule has 0 aromatic heterocycles. The molecule has 0 bridgehead atoms. The van der Waals surface area contributed by atoms with Crippen LogP contribution in [0, 0.1) is 5.21 Å². The van der Waals surface area contributed by atoms with Crippen molar-refractivity contribution in [1.29, 1.82) is 0 Å². The van der Waals surface area contributed by atoms with Crippen molar-refractivity contribution in [1.82, 2.24) is 0 Å². The smallest absolute Gasteiger partial charge is 0.213 e. The fraction of sp³-hybridized carbons (Fsp3) is 0.400. The van der Waals surface area contributed by atoms with Gasteiger partial charge in [0.05, 0.1) is 0 Å². The van der Waals surface area contributed by atoms with Crippen molar-refractivity contribution in [2.24, 2.45) is 5.11 Å². The van der Waals surface area contributed by atoms with Gasteiger partial charge in [0.1, 0.15) is 0 Å². The van der Waals surface area contributed by atoms with Crippen LogP contribution in [0.2, 0.25) is 0 Å². The van der Waals surface area contributed by atoms with Crippen molar-refractivity contribution in [3.63, 3.8) is 0 Å². The van der Waals surface area contributed by atoms with E-state index in [1.165, 1.54) is 13.1 Å². The summed E-state index contributed by atoms with van der Waals surface area (Å²) in [6, 6.07) is 9.12. The van der Waals surface area contributed by atoms with Gasteiger partial charge in [-0.3, -0.25) is 4.79 Å². The fourth-order valence-corrected chi connectivity index (χ4v) is 1.62. The largest absolute Gasteiger partial charge is 0.595 e. The summed E-state index contributed by atoms with van der Waals surface area (Å²) in [5.41, 5.74) is 1.94. The number of carbonyl (C=O) groups is 1. The van der Waals surface area contributed by atoms with Gasteiger partial charge >= 0.3 is 0 Å². The summed E-state index contributed by atoms with van der Waals surface area (Å²) in [5.74, 6) is -0.119. The molecule has 1 unspecified atom stereocenters. The van der Waals surface area contributed by atoms with Crippen LogP contribution < -0.4 is 0 Å². The summed E-state index contributed by atoms with van der Waals surface area (Å²) >= 11 is 0. The number of carbonyl (C=O) groups excluding carboxylic acids is 1. The van der Waals surface area contributed by atoms with E-state index >= 15 is 0 Å². The molecule has 4 heteroatoms. The predicted octanol–water partition coefficient (Wildman–Crippen LogP) is 3.77. The molecule has 102 valence electrons. The zero-order chi connectivity index (χ0) is 14.3. The molecular formula is C15H20N2O2. The molecule has 4 nitrogen and oxygen atoms in total. The van der Waals surface area contributed by atoms with Crippen LogP contribution in [-0.2, 0) is 4.79 Å². The van der Waals surface area contributed by atoms with Gasteiger partial charge in [0, 0.05) is 5.57 Å². The Labute approximate surface area is 114 Å². The van der Waals surface area contributed by atoms with E-state index in [1.54, 1.807) is 6.92 Å². The van der Waals surface area contributed by atoms with Crippen molar-refractivity contribution >= 4 is 11.4 Å². The molecule has 0 N–H and O–H groups in total. The quantitative estimate of drug-likeness (QED) is 0.444. The first-order valence-electron chi connectivity index (χ1n) is 6.48. The number of hydroxylamine groups is 1. The summed E-state index contributed by atoms with van der Waals surface area (Å²) in [7, 11) is 0. The highest BCUT2D eigenvalue weighted by Gasteiger charge is 2.10. The first kappa shape index (κ1) is 15.1. The van der Waals surface area contributed by atoms with Gasteiger partial charge in [0.2, 0.25) is 6.20 Å². The first-order chi connectivity index (χ1) is 9.04. The highest BCUT2D eigenvalue weighted by molar-refractivity contribution is 5.80. The van der Waals surface area contributed by atoms with Crippen molar-refractivity contribution in [3.8, 4) is 0 Å². The van der Waals surface area contributed by atoms with E-state index in [-0.39, 0.29) is 5.78 Å². The minimum Gasteiger partial charge on any atom is -0.595 e. The number of rotatable bonds is 6. The van der Waals surface area contributed by atoms with Crippen LogP contribution in [0.1, 0.15) is 39.2 Å². The number of ketones is 1. The highest BCUT2D eigenvalue weighted by Crippen LogP contribution is 2.19. The Morgan fingerprint density at radius 3 is 2.58 bits per heavy atom. The number of nitrogens with zero attached hydrogens (tertiary/aromatic N) is 2. The van der Waals surface area contributed by atoms with Crippen molar-refractivity contribution in [2.75, 3.05) is 0 Å². The van der Waals surface area contributed by atoms with Gasteiger partial charge in [0.15, 0.2) is 11.8 Å². The number of azo groups is 1. The maximum atomic E-state index is 11.7. The lowest BCUT2D eigenvalue weighted by Gasteiger charge is -2.05. The Morgan fingerprint density at radius 2 is 2.05 bits per heavy atom. The molecule has 0 heterocycles. The van der Waals surface area contributed by atoms with E-state index in [2.05, 4.69) is 12.0 Å². The van der Waals surface area contributed by atoms with Crippen LogP contribution in [-0.4, -0.2) is 16.7 Å². The van der Waals surface area contributed by atoms with E-state index in [9.17, 15) is 10.0 Å². The standard InChI is InChI=1S/C15H20N2O2/c1-4-8-15(14-9-6-5-7-10-14)11-17(19)16-12(2)13(3)18/h5-7,9-12H,4,8H2,1-3H3. The lowest BCUT2D eigenvalue weighted by molar-refractivity contribution is -0.460. The molecule has 0 saturated carbocycles. The summed E-state index contributed by atoms with van der Waals surface area (Å²) in [6.45, 7) is 5.10. The molecule has 0 spiro atoms. The third-order valence-corrected chi connectivity index (χ3v) is 2.81. The Kier molecular flexibility index (Phi) is 5.93. The molecule has 1 aromatic rings. The first-order valence-corrected chi connectivity index (χ1v) is 6.48. The van der Waals surface area contributed by atoms with Crippen molar-refractivity contribution in [3.05, 3.63) is 47.3 Å². The average Bonchev–Trinajstić information content (AvgIpc) is 2.39. The molecule has 0 aliphatic rings. The molecule has 1 aromatic carbocycles. The van der Waals surface area contributed by atoms with Crippen LogP contribution in [0.4, 0.5) is 0 Å². The third kappa shape index (κ3) is 5.04. The second-order valence-corrected chi connectivity index (χ2v) is 4.47. The molecule has 19 heavy (non-hydrogen) atoms. The van der Waals surface area contributed by atoms with E-state index < -0.39 is 6.04 Å². The van der Waals surface area contributed by atoms with Gasteiger partial charge in [-0.2, -0.15) is 0 Å². The Morgan fingerprint density at radius 1 is 1.42 bits per heavy atom. The summed E-state index contributed by atoms with van der Waals surface area (Å²) in [6.07, 6.45) is 3.20. The molecule has 1 rings (SSSR count). The summed E-state index contributed by atoms with van der Waals surface area (Å²) in [5, 5.41) is 15.5. The van der Waals surface area contributed by atoms with Gasteiger partial charge in [-0.05, 0) is 30.9 Å². The number of allylic oxidation sites excluding steroid dienone is 1. The zero-order valence-electron chi connectivity index (χ0n) is 11.7. The monoisotopic (exact) mass is 260 g/mol. The third-order valence-electron chi connectivity index (χ3n) is 2.81. The minimum absolute atomic E-state index is 0.119. The van der Waals surface area contributed by atoms with Gasteiger partial charge in [-0.25, -0.2) is 0 Å². The van der Waals surface area contributed by atoms with E-state index in [0.717, 1.165) is 24.0 Å². The number of Topliss-reactive ketones (excluding diaryl/α,β-unsaturated/α-hetero) is 1. The van der Waals surface area contributed by atoms with Crippen LogP contribution in [0.5, 0.6) is 0 Å². The normalized spacial score (nSPS) is 14.3. The van der Waals surface area contributed by atoms with E-state index in [1.807, 2.05) is 30.3 Å². The molecule has 0 radical (unpaired) electrons. The second-order valence-electron chi connectivity index (χ2n) is 4.47. The van der Waals surface area contributed by atoms with Gasteiger partial charge in [0.25, 0.3) is 0 Å². The number of hydrogen-bond donors (Lipinski definition) is 0. The second kappa shape index (κ2) is 7.46. The van der Waals surface area contributed by atoms with Crippen LogP contribution in [0.15, 0.2) is 41.6 Å². The lowest BCUT2D eigenvalue weighted by Crippen LogP contribution is -2.12. The summed E-state index contributed by atoms with van der Waals surface area (Å²) in [4.78, 5) is 11.6. The van der Waals surface area contributed by atoms with Gasteiger partial charge in [-0.15, -0.1) is 0 Å². The SMILES string of the molecule is CCCC(=C[N+]([O-])=NC(C)C(C)=O)c1ccccc1. The van der Waals surface area contributed by atoms with E-state index in [4.69, 9.17) is 0 Å². The van der Waals surface area contributed by atoms with Crippen LogP contribution in [0.25, 0.3) is 5.57 Å². The zero-order valence-corrected chi connectivity index (χ0v) is 11.7. The Balaban J connectivity index is 2.99. The van der Waals surface area contributed by atoms with E-state index in [0.29, 0.717) is 4.86 Å². The van der Waals surface area contributed by atoms with Gasteiger partial charge < -0.3 is 5.21 Å². The number of benzene rings is 1. The van der Waals surface area contributed by atoms with Crippen molar-refractivity contribution in [2.45, 2.75) is 39.7 Å². The number of hydrogen-bond acceptors (Lipinski definition) is 3. The fourth-order valence-electron chi connectivity index (χ4n) is 1.62. The Hall–Kier alpha value is -1.97. The molecule has 1 atom stereocenters. The Bertz CT molecular complexity index is 478. The molecular weight excluding hydrogens is 240 g/mol. The van der Waals surface area contributed by atoms with Gasteiger partial charge in [-0.1, -0.05) is 48.5 Å². The highest BCUT2D eigenvalue weighted by atomic mass is 16.5. The topological polar surface area (TPSA) is 55.5 Å². The molecule has 0 saturated heterocycles. The maximum Gasteiger partial charge on any atom is 0.213 e. The molecule has 0 fully saturated rings. The average molecular weight is 260 g/mol. The van der Waals surface area contributed by atoms with Crippen molar-refractivity contribution < 1.29 is 9.66 Å². The summed E-state index contributed by atoms with van der Waals surface area (Å²) < 4.78 is 0. The van der Waals surface area contributed by atoms with Crippen LogP contribution >= 0.6 is 0 Å². The maximum absolute atomic E-state index is 11.7. The molecule has 0 aliphatic heterocycles.